The molecule has 10 heteroatoms. The van der Waals surface area contributed by atoms with E-state index in [2.05, 4.69) is 20.5 Å². The van der Waals surface area contributed by atoms with Gasteiger partial charge in [0.1, 0.15) is 0 Å². The summed E-state index contributed by atoms with van der Waals surface area (Å²) in [7, 11) is 0. The fourth-order valence-corrected chi connectivity index (χ4v) is 3.26. The van der Waals surface area contributed by atoms with E-state index in [-0.39, 0.29) is 23.4 Å². The van der Waals surface area contributed by atoms with Gasteiger partial charge in [-0.3, -0.25) is 4.79 Å². The van der Waals surface area contributed by atoms with Crippen LogP contribution < -0.4 is 0 Å². The van der Waals surface area contributed by atoms with Crippen molar-refractivity contribution >= 4 is 5.97 Å². The van der Waals surface area contributed by atoms with E-state index in [1.807, 2.05) is 0 Å². The highest BCUT2D eigenvalue weighted by molar-refractivity contribution is 5.69. The maximum Gasteiger partial charge on any atom is 0.429 e. The Morgan fingerprint density at radius 3 is 2.57 bits per heavy atom. The number of hydrogen-bond donors (Lipinski definition) is 1. The van der Waals surface area contributed by atoms with Gasteiger partial charge in [-0.1, -0.05) is 18.2 Å². The Hall–Kier alpha value is -3.17. The standard InChI is InChI=1S/C20H22F3N5O2/c1-13-18(14(2)28(26-13)16-9-4-3-5-10-16)19(20(21,22)23)30-17(29)11-7-6-8-15-12-24-27-25-15/h3-5,9-10,12,19H,6-8,11H2,1-2H3,(H,24,25,27)/t19-/m0/s1. The molecule has 1 aromatic carbocycles. The predicted molar refractivity (Wildman–Crippen MR) is 102 cm³/mol. The number of aromatic amines is 1. The molecule has 0 fully saturated rings. The van der Waals surface area contributed by atoms with Gasteiger partial charge >= 0.3 is 12.1 Å². The zero-order chi connectivity index (χ0) is 21.7. The summed E-state index contributed by atoms with van der Waals surface area (Å²) in [6.07, 6.45) is -4.12. The fourth-order valence-electron chi connectivity index (χ4n) is 3.26. The van der Waals surface area contributed by atoms with E-state index in [0.29, 0.717) is 24.9 Å². The van der Waals surface area contributed by atoms with Gasteiger partial charge in [0.2, 0.25) is 6.10 Å². The minimum absolute atomic E-state index is 0.116. The minimum Gasteiger partial charge on any atom is -0.448 e. The average Bonchev–Trinajstić information content (AvgIpc) is 3.31. The molecule has 2 aromatic heterocycles. The molecule has 1 N–H and O–H groups in total. The molecule has 0 spiro atoms. The lowest BCUT2D eigenvalue weighted by Gasteiger charge is -2.21. The number of para-hydroxylation sites is 1. The van der Waals surface area contributed by atoms with Crippen molar-refractivity contribution < 1.29 is 22.7 Å². The van der Waals surface area contributed by atoms with E-state index in [0.717, 1.165) is 5.69 Å². The largest absolute Gasteiger partial charge is 0.448 e. The van der Waals surface area contributed by atoms with E-state index in [1.54, 1.807) is 36.5 Å². The zero-order valence-corrected chi connectivity index (χ0v) is 16.6. The molecule has 0 aliphatic rings. The number of nitrogens with zero attached hydrogens (tertiary/aromatic N) is 4. The third-order valence-electron chi connectivity index (χ3n) is 4.69. The monoisotopic (exact) mass is 421 g/mol. The number of aryl methyl sites for hydroxylation is 2. The number of carbonyl (C=O) groups excluding carboxylic acids is 1. The van der Waals surface area contributed by atoms with Gasteiger partial charge in [0.15, 0.2) is 0 Å². The zero-order valence-electron chi connectivity index (χ0n) is 16.6. The lowest BCUT2D eigenvalue weighted by molar-refractivity contribution is -0.224. The number of ether oxygens (including phenoxy) is 1. The van der Waals surface area contributed by atoms with E-state index in [9.17, 15) is 18.0 Å². The number of halogens is 3. The van der Waals surface area contributed by atoms with Crippen molar-refractivity contribution in [1.29, 1.82) is 0 Å². The molecule has 1 atom stereocenters. The summed E-state index contributed by atoms with van der Waals surface area (Å²) in [5.41, 5.74) is 1.67. The number of unbranched alkanes of at least 4 members (excludes halogenated alkanes) is 1. The Morgan fingerprint density at radius 2 is 1.93 bits per heavy atom. The van der Waals surface area contributed by atoms with Gasteiger partial charge < -0.3 is 4.74 Å². The first-order valence-corrected chi connectivity index (χ1v) is 9.49. The van der Waals surface area contributed by atoms with Crippen LogP contribution in [-0.2, 0) is 16.0 Å². The van der Waals surface area contributed by atoms with E-state index >= 15 is 0 Å². The maximum absolute atomic E-state index is 13.8. The first-order chi connectivity index (χ1) is 14.3. The quantitative estimate of drug-likeness (QED) is 0.436. The van der Waals surface area contributed by atoms with Crippen molar-refractivity contribution in [3.05, 3.63) is 59.2 Å². The molecule has 0 amide bonds. The number of nitrogens with one attached hydrogen (secondary N) is 1. The molecular formula is C20H22F3N5O2. The summed E-state index contributed by atoms with van der Waals surface area (Å²) < 4.78 is 47.7. The predicted octanol–water partition coefficient (Wildman–Crippen LogP) is 4.17. The number of benzene rings is 1. The van der Waals surface area contributed by atoms with Crippen LogP contribution in [0.1, 0.15) is 48.0 Å². The molecule has 160 valence electrons. The van der Waals surface area contributed by atoms with Crippen molar-refractivity contribution in [2.24, 2.45) is 0 Å². The van der Waals surface area contributed by atoms with Crippen LogP contribution in [0.2, 0.25) is 0 Å². The van der Waals surface area contributed by atoms with Gasteiger partial charge in [-0.15, -0.1) is 0 Å². The average molecular weight is 421 g/mol. The van der Waals surface area contributed by atoms with E-state index in [4.69, 9.17) is 4.74 Å². The first kappa shape index (κ1) is 21.5. The molecule has 0 radical (unpaired) electrons. The van der Waals surface area contributed by atoms with Crippen LogP contribution in [0.5, 0.6) is 0 Å². The Bertz CT molecular complexity index is 968. The molecule has 3 rings (SSSR count). The molecule has 0 aliphatic carbocycles. The van der Waals surface area contributed by atoms with Crippen molar-refractivity contribution in [3.8, 4) is 5.69 Å². The van der Waals surface area contributed by atoms with Gasteiger partial charge in [-0.2, -0.15) is 33.7 Å². The number of esters is 1. The summed E-state index contributed by atoms with van der Waals surface area (Å²) in [6.45, 7) is 3.01. The van der Waals surface area contributed by atoms with Gasteiger partial charge in [0, 0.05) is 17.7 Å². The van der Waals surface area contributed by atoms with Gasteiger partial charge in [0.25, 0.3) is 0 Å². The van der Waals surface area contributed by atoms with Crippen LogP contribution in [0.3, 0.4) is 0 Å². The topological polar surface area (TPSA) is 85.7 Å². The highest BCUT2D eigenvalue weighted by Crippen LogP contribution is 2.39. The Labute approximate surface area is 171 Å². The highest BCUT2D eigenvalue weighted by Gasteiger charge is 2.46. The first-order valence-electron chi connectivity index (χ1n) is 9.49. The van der Waals surface area contributed by atoms with E-state index < -0.39 is 18.2 Å². The number of H-pyrrole nitrogens is 1. The molecule has 7 nitrogen and oxygen atoms in total. The third kappa shape index (κ3) is 5.05. The summed E-state index contributed by atoms with van der Waals surface area (Å²) in [5, 5.41) is 14.3. The molecule has 3 aromatic rings. The lowest BCUT2D eigenvalue weighted by atomic mass is 10.1. The summed E-state index contributed by atoms with van der Waals surface area (Å²) >= 11 is 0. The van der Waals surface area contributed by atoms with Crippen LogP contribution in [0.4, 0.5) is 13.2 Å². The molecule has 0 bridgehead atoms. The molecular weight excluding hydrogens is 399 g/mol. The maximum atomic E-state index is 13.8. The number of aromatic nitrogens is 5. The minimum atomic E-state index is -4.75. The fraction of sp³-hybridized carbons (Fsp3) is 0.400. The Kier molecular flexibility index (Phi) is 6.53. The highest BCUT2D eigenvalue weighted by atomic mass is 19.4. The van der Waals surface area contributed by atoms with Gasteiger partial charge in [-0.25, -0.2) is 4.68 Å². The summed E-state index contributed by atoms with van der Waals surface area (Å²) in [5.74, 6) is -0.899. The van der Waals surface area contributed by atoms with Crippen LogP contribution >= 0.6 is 0 Å². The smallest absolute Gasteiger partial charge is 0.429 e. The number of hydrogen-bond acceptors (Lipinski definition) is 5. The Balaban J connectivity index is 1.72. The molecule has 2 heterocycles. The number of carbonyl (C=O) groups is 1. The van der Waals surface area contributed by atoms with E-state index in [1.165, 1.54) is 18.5 Å². The van der Waals surface area contributed by atoms with Crippen LogP contribution in [0.25, 0.3) is 5.69 Å². The normalized spacial score (nSPS) is 12.7. The third-order valence-corrected chi connectivity index (χ3v) is 4.69. The van der Waals surface area contributed by atoms with Crippen molar-refractivity contribution in [2.45, 2.75) is 51.8 Å². The van der Waals surface area contributed by atoms with Gasteiger partial charge in [0.05, 0.1) is 23.3 Å². The molecule has 0 aliphatic heterocycles. The summed E-state index contributed by atoms with van der Waals surface area (Å²) in [6, 6.07) is 8.83. The Morgan fingerprint density at radius 1 is 1.20 bits per heavy atom. The van der Waals surface area contributed by atoms with Crippen molar-refractivity contribution in [1.82, 2.24) is 25.2 Å². The summed E-state index contributed by atoms with van der Waals surface area (Å²) in [4.78, 5) is 12.2. The van der Waals surface area contributed by atoms with Gasteiger partial charge in [-0.05, 0) is 45.2 Å². The SMILES string of the molecule is Cc1nn(-c2ccccc2)c(C)c1[C@H](OC(=O)CCCCc1cn[nH]n1)C(F)(F)F. The van der Waals surface area contributed by atoms with Crippen molar-refractivity contribution in [3.63, 3.8) is 0 Å². The van der Waals surface area contributed by atoms with Crippen LogP contribution in [0, 0.1) is 13.8 Å². The van der Waals surface area contributed by atoms with Crippen LogP contribution in [0.15, 0.2) is 36.5 Å². The molecule has 0 saturated carbocycles. The second kappa shape index (κ2) is 9.10. The van der Waals surface area contributed by atoms with Crippen molar-refractivity contribution in [2.75, 3.05) is 0 Å². The second-order valence-electron chi connectivity index (χ2n) is 6.91. The number of rotatable bonds is 8. The molecule has 30 heavy (non-hydrogen) atoms. The van der Waals surface area contributed by atoms with Crippen LogP contribution in [-0.4, -0.2) is 37.3 Å². The number of alkyl halides is 3. The molecule has 0 unspecified atom stereocenters. The lowest BCUT2D eigenvalue weighted by Crippen LogP contribution is -2.27. The second-order valence-corrected chi connectivity index (χ2v) is 6.91. The molecule has 0 saturated heterocycles.